The van der Waals surface area contributed by atoms with E-state index in [1.54, 1.807) is 11.3 Å². The van der Waals surface area contributed by atoms with E-state index in [9.17, 15) is 0 Å². The first-order valence-corrected chi connectivity index (χ1v) is 7.68. The number of fused-ring (bicyclic) bond motifs is 2. The third-order valence-corrected chi connectivity index (χ3v) is 4.98. The quantitative estimate of drug-likeness (QED) is 0.479. The van der Waals surface area contributed by atoms with E-state index in [0.29, 0.717) is 0 Å². The Morgan fingerprint density at radius 2 is 1.65 bits per heavy atom. The van der Waals surface area contributed by atoms with Crippen molar-refractivity contribution in [1.29, 1.82) is 0 Å². The Morgan fingerprint density at radius 3 is 2.55 bits per heavy atom. The maximum absolute atomic E-state index is 5.52. The van der Waals surface area contributed by atoms with E-state index in [-0.39, 0.29) is 0 Å². The van der Waals surface area contributed by atoms with E-state index in [1.807, 2.05) is 0 Å². The van der Waals surface area contributed by atoms with E-state index in [0.717, 1.165) is 10.6 Å². The number of rotatable bonds is 2. The summed E-state index contributed by atoms with van der Waals surface area (Å²) >= 11 is 7.19. The topological polar surface area (TPSA) is 9.86 Å². The molecule has 0 bridgehead atoms. The van der Waals surface area contributed by atoms with Gasteiger partial charge < -0.3 is 9.13 Å². The summed E-state index contributed by atoms with van der Waals surface area (Å²) in [7, 11) is 0. The normalized spacial score (nSPS) is 11.4. The van der Waals surface area contributed by atoms with Gasteiger partial charge in [0.1, 0.15) is 6.67 Å². The Kier molecular flexibility index (Phi) is 2.72. The van der Waals surface area contributed by atoms with Crippen LogP contribution in [0.4, 0.5) is 0 Å². The fourth-order valence-electron chi connectivity index (χ4n) is 2.56. The molecule has 0 radical (unpaired) electrons. The minimum atomic E-state index is 0.760. The van der Waals surface area contributed by atoms with E-state index >= 15 is 0 Å². The highest BCUT2D eigenvalue weighted by molar-refractivity contribution is 7.73. The van der Waals surface area contributed by atoms with Gasteiger partial charge in [-0.05, 0) is 41.9 Å². The van der Waals surface area contributed by atoms with Crippen LogP contribution in [0.25, 0.3) is 21.1 Å². The molecule has 4 aromatic rings. The summed E-state index contributed by atoms with van der Waals surface area (Å²) < 4.78 is 6.60. The average molecular weight is 296 g/mol. The molecule has 0 fully saturated rings. The van der Waals surface area contributed by atoms with E-state index in [4.69, 9.17) is 12.2 Å². The van der Waals surface area contributed by atoms with Gasteiger partial charge in [0.2, 0.25) is 0 Å². The van der Waals surface area contributed by atoms with Gasteiger partial charge in [-0.25, -0.2) is 0 Å². The van der Waals surface area contributed by atoms with E-state index in [2.05, 4.69) is 69.9 Å². The lowest BCUT2D eigenvalue weighted by molar-refractivity contribution is 0.644. The van der Waals surface area contributed by atoms with Crippen LogP contribution >= 0.6 is 23.6 Å². The van der Waals surface area contributed by atoms with Crippen molar-refractivity contribution in [2.45, 2.75) is 6.67 Å². The van der Waals surface area contributed by atoms with Gasteiger partial charge in [-0.3, -0.25) is 0 Å². The summed E-state index contributed by atoms with van der Waals surface area (Å²) in [5.74, 6) is 0. The number of thiazole rings is 1. The van der Waals surface area contributed by atoms with Crippen LogP contribution in [0.5, 0.6) is 0 Å². The molecule has 2 aromatic heterocycles. The third kappa shape index (κ3) is 1.80. The Labute approximate surface area is 125 Å². The minimum absolute atomic E-state index is 0.760. The molecule has 98 valence electrons. The van der Waals surface area contributed by atoms with Crippen LogP contribution in [0.15, 0.2) is 60.8 Å². The molecule has 0 spiro atoms. The van der Waals surface area contributed by atoms with Gasteiger partial charge in [0.05, 0.1) is 10.2 Å². The molecule has 4 heteroatoms. The molecule has 2 aromatic carbocycles. The van der Waals surface area contributed by atoms with Gasteiger partial charge in [-0.1, -0.05) is 30.3 Å². The molecule has 0 unspecified atom stereocenters. The third-order valence-electron chi connectivity index (χ3n) is 3.55. The maximum atomic E-state index is 5.52. The predicted molar refractivity (Wildman–Crippen MR) is 88.0 cm³/mol. The zero-order chi connectivity index (χ0) is 13.5. The second-order valence-corrected chi connectivity index (χ2v) is 6.43. The molecule has 0 saturated carbocycles. The maximum Gasteiger partial charge on any atom is 0.163 e. The summed E-state index contributed by atoms with van der Waals surface area (Å²) in [5.41, 5.74) is 2.45. The summed E-state index contributed by atoms with van der Waals surface area (Å²) in [6, 6.07) is 18.9. The van der Waals surface area contributed by atoms with Gasteiger partial charge in [0, 0.05) is 11.7 Å². The van der Waals surface area contributed by atoms with Gasteiger partial charge in [-0.15, -0.1) is 11.3 Å². The lowest BCUT2D eigenvalue weighted by Crippen LogP contribution is -2.06. The Balaban J connectivity index is 1.89. The first-order valence-electron chi connectivity index (χ1n) is 6.45. The zero-order valence-electron chi connectivity index (χ0n) is 10.7. The van der Waals surface area contributed by atoms with Crippen molar-refractivity contribution >= 4 is 44.7 Å². The monoisotopic (exact) mass is 296 g/mol. The highest BCUT2D eigenvalue weighted by atomic mass is 32.1. The summed E-state index contributed by atoms with van der Waals surface area (Å²) in [4.78, 5) is 0. The first kappa shape index (κ1) is 11.9. The lowest BCUT2D eigenvalue weighted by atomic mass is 10.2. The van der Waals surface area contributed by atoms with Crippen molar-refractivity contribution < 1.29 is 0 Å². The zero-order valence-corrected chi connectivity index (χ0v) is 12.3. The summed E-state index contributed by atoms with van der Waals surface area (Å²) in [5, 5.41) is 1.26. The molecular formula is C16H12N2S2. The first-order chi connectivity index (χ1) is 9.83. The molecule has 0 aliphatic carbocycles. The van der Waals surface area contributed by atoms with Crippen molar-refractivity contribution in [3.05, 3.63) is 64.7 Å². The van der Waals surface area contributed by atoms with E-state index in [1.165, 1.54) is 21.1 Å². The predicted octanol–water partition coefficient (Wildman–Crippen LogP) is 4.89. The molecule has 0 amide bonds. The molecule has 4 rings (SSSR count). The number of benzene rings is 2. The van der Waals surface area contributed by atoms with Crippen molar-refractivity contribution in [2.75, 3.05) is 0 Å². The van der Waals surface area contributed by atoms with E-state index < -0.39 is 0 Å². The number of nitrogens with zero attached hydrogens (tertiary/aromatic N) is 2. The Hall–Kier alpha value is -1.91. The Morgan fingerprint density at radius 1 is 0.900 bits per heavy atom. The van der Waals surface area contributed by atoms with Crippen LogP contribution in [-0.2, 0) is 6.67 Å². The molecule has 0 aliphatic rings. The van der Waals surface area contributed by atoms with Crippen LogP contribution in [0.1, 0.15) is 0 Å². The molecule has 0 aliphatic heterocycles. The standard InChI is InChI=1S/C16H12N2S2/c19-16-18(14-7-3-4-8-15(14)20-16)11-17-10-9-12-5-1-2-6-13(12)17/h1-10H,11H2. The molecule has 0 saturated heterocycles. The largest absolute Gasteiger partial charge is 0.329 e. The second-order valence-electron chi connectivity index (χ2n) is 4.75. The smallest absolute Gasteiger partial charge is 0.163 e. The van der Waals surface area contributed by atoms with Crippen molar-refractivity contribution in [1.82, 2.24) is 9.13 Å². The highest BCUT2D eigenvalue weighted by Crippen LogP contribution is 2.24. The van der Waals surface area contributed by atoms with Crippen LogP contribution in [-0.4, -0.2) is 9.13 Å². The van der Waals surface area contributed by atoms with Gasteiger partial charge in [-0.2, -0.15) is 0 Å². The number of hydrogen-bond acceptors (Lipinski definition) is 2. The van der Waals surface area contributed by atoms with Crippen LogP contribution in [0.2, 0.25) is 0 Å². The Bertz CT molecular complexity index is 959. The summed E-state index contributed by atoms with van der Waals surface area (Å²) in [6.45, 7) is 0.760. The fourth-order valence-corrected chi connectivity index (χ4v) is 3.87. The molecule has 0 atom stereocenters. The van der Waals surface area contributed by atoms with Gasteiger partial charge in [0.25, 0.3) is 0 Å². The number of hydrogen-bond donors (Lipinski definition) is 0. The molecule has 0 N–H and O–H groups in total. The number of para-hydroxylation sites is 2. The molecule has 20 heavy (non-hydrogen) atoms. The van der Waals surface area contributed by atoms with Crippen molar-refractivity contribution in [3.63, 3.8) is 0 Å². The van der Waals surface area contributed by atoms with Crippen LogP contribution < -0.4 is 0 Å². The average Bonchev–Trinajstić information content (AvgIpc) is 3.02. The molecular weight excluding hydrogens is 284 g/mol. The van der Waals surface area contributed by atoms with Crippen molar-refractivity contribution in [3.8, 4) is 0 Å². The lowest BCUT2D eigenvalue weighted by Gasteiger charge is -2.08. The van der Waals surface area contributed by atoms with Crippen molar-refractivity contribution in [2.24, 2.45) is 0 Å². The second kappa shape index (κ2) is 4.58. The SMILES string of the molecule is S=c1sc2ccccc2n1Cn1ccc2ccccc21. The minimum Gasteiger partial charge on any atom is -0.329 e. The number of aromatic nitrogens is 2. The summed E-state index contributed by atoms with van der Waals surface area (Å²) in [6.07, 6.45) is 2.12. The van der Waals surface area contributed by atoms with Gasteiger partial charge >= 0.3 is 0 Å². The molecule has 2 heterocycles. The highest BCUT2D eigenvalue weighted by Gasteiger charge is 2.06. The van der Waals surface area contributed by atoms with Crippen LogP contribution in [0.3, 0.4) is 0 Å². The van der Waals surface area contributed by atoms with Crippen LogP contribution in [0, 0.1) is 3.95 Å². The molecule has 2 nitrogen and oxygen atoms in total. The fraction of sp³-hybridized carbons (Fsp3) is 0.0625. The van der Waals surface area contributed by atoms with Gasteiger partial charge in [0.15, 0.2) is 3.95 Å².